The summed E-state index contributed by atoms with van der Waals surface area (Å²) in [5.74, 6) is 1.43. The predicted molar refractivity (Wildman–Crippen MR) is 56.1 cm³/mol. The molecule has 1 aliphatic rings. The fourth-order valence-corrected chi connectivity index (χ4v) is 1.49. The highest BCUT2D eigenvalue weighted by molar-refractivity contribution is 5.45. The van der Waals surface area contributed by atoms with Crippen LogP contribution in [0.4, 0.5) is 0 Å². The Kier molecular flexibility index (Phi) is 2.54. The Bertz CT molecular complexity index is 363. The molecular formula is C11H15NO3. The van der Waals surface area contributed by atoms with E-state index in [2.05, 4.69) is 0 Å². The van der Waals surface area contributed by atoms with E-state index in [4.69, 9.17) is 20.3 Å². The third kappa shape index (κ3) is 1.91. The van der Waals surface area contributed by atoms with Crippen LogP contribution in [0.2, 0.25) is 0 Å². The van der Waals surface area contributed by atoms with Gasteiger partial charge in [-0.15, -0.1) is 0 Å². The molecule has 3 N–H and O–H groups in total. The van der Waals surface area contributed by atoms with Crippen LogP contribution in [0.25, 0.3) is 0 Å². The first-order valence-corrected chi connectivity index (χ1v) is 4.93. The number of hydrogen-bond donors (Lipinski definition) is 2. The molecular weight excluding hydrogens is 194 g/mol. The van der Waals surface area contributed by atoms with Crippen LogP contribution in [0.15, 0.2) is 18.2 Å². The molecule has 0 saturated carbocycles. The van der Waals surface area contributed by atoms with E-state index in [0.717, 1.165) is 11.3 Å². The quantitative estimate of drug-likeness (QED) is 0.749. The maximum Gasteiger partial charge on any atom is 0.161 e. The Labute approximate surface area is 88.6 Å². The lowest BCUT2D eigenvalue weighted by molar-refractivity contribution is 0.170. The highest BCUT2D eigenvalue weighted by Crippen LogP contribution is 2.33. The van der Waals surface area contributed by atoms with Gasteiger partial charge in [-0.25, -0.2) is 0 Å². The number of aliphatic hydroxyl groups is 1. The molecule has 0 spiro atoms. The summed E-state index contributed by atoms with van der Waals surface area (Å²) in [6.07, 6.45) is 0. The van der Waals surface area contributed by atoms with Crippen molar-refractivity contribution in [2.75, 3.05) is 19.8 Å². The number of hydrogen-bond acceptors (Lipinski definition) is 4. The van der Waals surface area contributed by atoms with Crippen LogP contribution in [0.1, 0.15) is 12.5 Å². The molecule has 1 aliphatic heterocycles. The van der Waals surface area contributed by atoms with Crippen LogP contribution in [-0.2, 0) is 5.54 Å². The predicted octanol–water partition coefficient (Wildman–Crippen LogP) is 0.624. The Morgan fingerprint density at radius 3 is 2.67 bits per heavy atom. The average Bonchev–Trinajstić information content (AvgIpc) is 2.28. The summed E-state index contributed by atoms with van der Waals surface area (Å²) in [4.78, 5) is 0. The highest BCUT2D eigenvalue weighted by atomic mass is 16.6. The second kappa shape index (κ2) is 3.72. The van der Waals surface area contributed by atoms with Crippen molar-refractivity contribution in [3.05, 3.63) is 23.8 Å². The van der Waals surface area contributed by atoms with Crippen LogP contribution in [0.3, 0.4) is 0 Å². The zero-order valence-corrected chi connectivity index (χ0v) is 8.69. The fraction of sp³-hybridized carbons (Fsp3) is 0.455. The van der Waals surface area contributed by atoms with Crippen molar-refractivity contribution in [1.82, 2.24) is 0 Å². The largest absolute Gasteiger partial charge is 0.486 e. The SMILES string of the molecule is CC(N)(CO)c1ccc2c(c1)OCCO2. The van der Waals surface area contributed by atoms with Gasteiger partial charge < -0.3 is 20.3 Å². The van der Waals surface area contributed by atoms with Crippen molar-refractivity contribution in [2.45, 2.75) is 12.5 Å². The molecule has 1 heterocycles. The van der Waals surface area contributed by atoms with E-state index in [0.29, 0.717) is 19.0 Å². The van der Waals surface area contributed by atoms with Gasteiger partial charge in [0.1, 0.15) is 13.2 Å². The number of ether oxygens (including phenoxy) is 2. The van der Waals surface area contributed by atoms with Gasteiger partial charge in [-0.3, -0.25) is 0 Å². The first kappa shape index (κ1) is 10.3. The third-order valence-electron chi connectivity index (χ3n) is 2.53. The summed E-state index contributed by atoms with van der Waals surface area (Å²) in [6.45, 7) is 2.80. The number of aliphatic hydroxyl groups excluding tert-OH is 1. The van der Waals surface area contributed by atoms with Gasteiger partial charge in [0.25, 0.3) is 0 Å². The summed E-state index contributed by atoms with van der Waals surface area (Å²) >= 11 is 0. The van der Waals surface area contributed by atoms with Crippen molar-refractivity contribution in [3.63, 3.8) is 0 Å². The van der Waals surface area contributed by atoms with E-state index in [1.807, 2.05) is 18.2 Å². The topological polar surface area (TPSA) is 64.7 Å². The monoisotopic (exact) mass is 209 g/mol. The molecule has 15 heavy (non-hydrogen) atoms. The van der Waals surface area contributed by atoms with Crippen molar-refractivity contribution in [1.29, 1.82) is 0 Å². The van der Waals surface area contributed by atoms with Crippen molar-refractivity contribution in [3.8, 4) is 11.5 Å². The molecule has 0 amide bonds. The maximum atomic E-state index is 9.15. The van der Waals surface area contributed by atoms with Gasteiger partial charge in [0.05, 0.1) is 12.1 Å². The van der Waals surface area contributed by atoms with E-state index >= 15 is 0 Å². The number of fused-ring (bicyclic) bond motifs is 1. The molecule has 0 bridgehead atoms. The molecule has 0 saturated heterocycles. The first-order valence-electron chi connectivity index (χ1n) is 4.93. The zero-order chi connectivity index (χ0) is 10.9. The van der Waals surface area contributed by atoms with Crippen molar-refractivity contribution >= 4 is 0 Å². The fourth-order valence-electron chi connectivity index (χ4n) is 1.49. The number of nitrogens with two attached hydrogens (primary N) is 1. The number of benzene rings is 1. The second-order valence-electron chi connectivity index (χ2n) is 3.93. The first-order chi connectivity index (χ1) is 7.13. The Morgan fingerprint density at radius 1 is 1.33 bits per heavy atom. The Hall–Kier alpha value is -1.26. The zero-order valence-electron chi connectivity index (χ0n) is 8.69. The lowest BCUT2D eigenvalue weighted by Gasteiger charge is -2.25. The molecule has 1 atom stereocenters. The minimum atomic E-state index is -0.740. The Balaban J connectivity index is 2.36. The van der Waals surface area contributed by atoms with E-state index in [-0.39, 0.29) is 6.61 Å². The molecule has 4 nitrogen and oxygen atoms in total. The molecule has 4 heteroatoms. The molecule has 0 radical (unpaired) electrons. The maximum absolute atomic E-state index is 9.15. The van der Waals surface area contributed by atoms with Crippen LogP contribution >= 0.6 is 0 Å². The molecule has 2 rings (SSSR count). The summed E-state index contributed by atoms with van der Waals surface area (Å²) in [5, 5.41) is 9.15. The van der Waals surface area contributed by atoms with Gasteiger partial charge in [-0.2, -0.15) is 0 Å². The molecule has 1 unspecified atom stereocenters. The van der Waals surface area contributed by atoms with E-state index in [9.17, 15) is 0 Å². The van der Waals surface area contributed by atoms with E-state index in [1.165, 1.54) is 0 Å². The molecule has 82 valence electrons. The van der Waals surface area contributed by atoms with Crippen LogP contribution in [0, 0.1) is 0 Å². The summed E-state index contributed by atoms with van der Waals surface area (Å²) in [6, 6.07) is 5.50. The molecule has 0 fully saturated rings. The summed E-state index contributed by atoms with van der Waals surface area (Å²) < 4.78 is 10.8. The molecule has 1 aromatic rings. The molecule has 0 aliphatic carbocycles. The standard InChI is InChI=1S/C11H15NO3/c1-11(12,7-13)8-2-3-9-10(6-8)15-5-4-14-9/h2-3,6,13H,4-5,7,12H2,1H3. The second-order valence-corrected chi connectivity index (χ2v) is 3.93. The summed E-state index contributed by atoms with van der Waals surface area (Å²) in [5.41, 5.74) is 6.03. The van der Waals surface area contributed by atoms with Crippen molar-refractivity contribution < 1.29 is 14.6 Å². The van der Waals surface area contributed by atoms with Crippen molar-refractivity contribution in [2.24, 2.45) is 5.73 Å². The van der Waals surface area contributed by atoms with Gasteiger partial charge in [-0.05, 0) is 24.6 Å². The number of rotatable bonds is 2. The normalized spacial score (nSPS) is 18.3. The lowest BCUT2D eigenvalue weighted by atomic mass is 9.94. The Morgan fingerprint density at radius 2 is 2.00 bits per heavy atom. The highest BCUT2D eigenvalue weighted by Gasteiger charge is 2.22. The van der Waals surface area contributed by atoms with Crippen LogP contribution in [-0.4, -0.2) is 24.9 Å². The minimum absolute atomic E-state index is 0.105. The van der Waals surface area contributed by atoms with Gasteiger partial charge in [0.2, 0.25) is 0 Å². The third-order valence-corrected chi connectivity index (χ3v) is 2.53. The lowest BCUT2D eigenvalue weighted by Crippen LogP contribution is -2.37. The van der Waals surface area contributed by atoms with Crippen LogP contribution in [0.5, 0.6) is 11.5 Å². The average molecular weight is 209 g/mol. The van der Waals surface area contributed by atoms with Crippen LogP contribution < -0.4 is 15.2 Å². The van der Waals surface area contributed by atoms with E-state index < -0.39 is 5.54 Å². The van der Waals surface area contributed by atoms with Gasteiger partial charge >= 0.3 is 0 Å². The molecule has 1 aromatic carbocycles. The minimum Gasteiger partial charge on any atom is -0.486 e. The van der Waals surface area contributed by atoms with Gasteiger partial charge in [0, 0.05) is 0 Å². The summed E-state index contributed by atoms with van der Waals surface area (Å²) in [7, 11) is 0. The smallest absolute Gasteiger partial charge is 0.161 e. The van der Waals surface area contributed by atoms with Gasteiger partial charge in [0.15, 0.2) is 11.5 Å². The molecule has 0 aromatic heterocycles. The van der Waals surface area contributed by atoms with E-state index in [1.54, 1.807) is 6.92 Å². The van der Waals surface area contributed by atoms with Gasteiger partial charge in [-0.1, -0.05) is 6.07 Å².